The van der Waals surface area contributed by atoms with Gasteiger partial charge < -0.3 is 32.9 Å². The van der Waals surface area contributed by atoms with E-state index >= 15 is 0 Å². The highest BCUT2D eigenvalue weighted by Crippen LogP contribution is 2.06. The average molecular weight is 373 g/mol. The van der Waals surface area contributed by atoms with E-state index < -0.39 is 26.2 Å². The topological polar surface area (TPSA) is 131 Å². The third-order valence-corrected chi connectivity index (χ3v) is 6.90. The highest BCUT2D eigenvalue weighted by Gasteiger charge is 2.36. The van der Waals surface area contributed by atoms with Crippen LogP contribution in [0, 0.1) is 0 Å². The van der Waals surface area contributed by atoms with Crippen LogP contribution in [0.1, 0.15) is 5.56 Å². The highest BCUT2D eigenvalue weighted by atomic mass is 35.5. The van der Waals surface area contributed by atoms with Gasteiger partial charge in [0.25, 0.3) is 0 Å². The van der Waals surface area contributed by atoms with E-state index in [1.165, 1.54) is 12.1 Å². The predicted molar refractivity (Wildman–Crippen MR) is 84.9 cm³/mol. The molecule has 7 nitrogen and oxygen atoms in total. The number of benzene rings is 1. The summed E-state index contributed by atoms with van der Waals surface area (Å²) in [4.78, 5) is 51.9. The van der Waals surface area contributed by atoms with Crippen molar-refractivity contribution in [2.45, 2.75) is 25.5 Å². The summed E-state index contributed by atoms with van der Waals surface area (Å²) in [7, 11) is -10.3. The van der Waals surface area contributed by atoms with Crippen LogP contribution in [0.5, 0.6) is 0 Å². The second kappa shape index (κ2) is 7.94. The molecular weight excluding hydrogens is 352 g/mol. The van der Waals surface area contributed by atoms with Crippen LogP contribution in [0.25, 0.3) is 0 Å². The first-order valence-corrected chi connectivity index (χ1v) is 13.5. The molecule has 1 rings (SSSR count). The van der Waals surface area contributed by atoms with Gasteiger partial charge in [0.2, 0.25) is 0 Å². The lowest BCUT2D eigenvalue weighted by Crippen LogP contribution is -2.48. The first kappa shape index (κ1) is 20.9. The molecular formula is C10H21ClO7Si3. The van der Waals surface area contributed by atoms with E-state index in [1.807, 2.05) is 0 Å². The van der Waals surface area contributed by atoms with Gasteiger partial charge >= 0.3 is 17.9 Å². The Kier molecular flexibility index (Phi) is 7.89. The van der Waals surface area contributed by atoms with Crippen LogP contribution in [-0.2, 0) is 10.00 Å². The van der Waals surface area contributed by atoms with Crippen LogP contribution < -0.4 is 5.19 Å². The summed E-state index contributed by atoms with van der Waals surface area (Å²) in [6.45, 7) is 5.28. The van der Waals surface area contributed by atoms with Crippen molar-refractivity contribution in [1.29, 1.82) is 0 Å². The summed E-state index contributed by atoms with van der Waals surface area (Å²) in [5.74, 6) is 0.372. The standard InChI is InChI=1S/C7H9ClO3Si.C3H12O4Si2/c8-5-6-1-3-7(4-2-6)12(9,10)11;1-8(2,3)7-9(4,5)6/h1-4,9-11H,5H2;4-6H,1-3H3. The molecule has 0 aliphatic heterocycles. The SMILES string of the molecule is C[Si](C)(C)O[Si](O)(O)O.O[Si](O)(O)c1ccc(CCl)cc1. The molecule has 6 N–H and O–H groups in total. The van der Waals surface area contributed by atoms with Gasteiger partial charge in [0.1, 0.15) is 0 Å². The van der Waals surface area contributed by atoms with Gasteiger partial charge in [-0.1, -0.05) is 24.3 Å². The smallest absolute Gasteiger partial charge is 0.395 e. The molecule has 0 atom stereocenters. The van der Waals surface area contributed by atoms with Crippen molar-refractivity contribution in [2.24, 2.45) is 0 Å². The lowest BCUT2D eigenvalue weighted by atomic mass is 10.2. The molecule has 1 aromatic rings. The minimum absolute atomic E-state index is 0.163. The zero-order chi connectivity index (χ0) is 16.9. The summed E-state index contributed by atoms with van der Waals surface area (Å²) in [5.41, 5.74) is 0.874. The number of alkyl halides is 1. The van der Waals surface area contributed by atoms with Crippen molar-refractivity contribution < 1.29 is 32.9 Å². The Morgan fingerprint density at radius 1 is 0.905 bits per heavy atom. The quantitative estimate of drug-likeness (QED) is 0.289. The second-order valence-corrected chi connectivity index (χ2v) is 13.6. The molecule has 0 bridgehead atoms. The van der Waals surface area contributed by atoms with E-state index in [0.29, 0.717) is 5.88 Å². The van der Waals surface area contributed by atoms with Crippen molar-refractivity contribution in [3.05, 3.63) is 29.8 Å². The summed E-state index contributed by atoms with van der Waals surface area (Å²) in [6.07, 6.45) is 0. The molecule has 0 saturated carbocycles. The molecule has 11 heteroatoms. The van der Waals surface area contributed by atoms with Crippen LogP contribution in [0.2, 0.25) is 19.6 Å². The lowest BCUT2D eigenvalue weighted by Gasteiger charge is -2.20. The van der Waals surface area contributed by atoms with E-state index in [1.54, 1.807) is 31.8 Å². The third kappa shape index (κ3) is 11.1. The maximum absolute atomic E-state index is 8.87. The molecule has 0 unspecified atom stereocenters. The summed E-state index contributed by atoms with van der Waals surface area (Å²) in [5, 5.41) is 0.163. The zero-order valence-electron chi connectivity index (χ0n) is 12.0. The van der Waals surface area contributed by atoms with E-state index in [9.17, 15) is 0 Å². The molecule has 0 aromatic heterocycles. The Morgan fingerprint density at radius 3 is 1.52 bits per heavy atom. The van der Waals surface area contributed by atoms with Crippen molar-refractivity contribution in [2.75, 3.05) is 0 Å². The van der Waals surface area contributed by atoms with Gasteiger partial charge in [-0.05, 0) is 25.2 Å². The first-order chi connectivity index (χ1) is 9.24. The molecule has 0 fully saturated rings. The number of hydrogen-bond acceptors (Lipinski definition) is 7. The average Bonchev–Trinajstić information content (AvgIpc) is 2.24. The van der Waals surface area contributed by atoms with Crippen LogP contribution in [0.4, 0.5) is 0 Å². The molecule has 0 aliphatic rings. The van der Waals surface area contributed by atoms with Gasteiger partial charge in [0.05, 0.1) is 0 Å². The van der Waals surface area contributed by atoms with Crippen LogP contribution in [0.3, 0.4) is 0 Å². The Morgan fingerprint density at radius 2 is 1.33 bits per heavy atom. The van der Waals surface area contributed by atoms with Crippen LogP contribution in [0.15, 0.2) is 24.3 Å². The number of rotatable bonds is 4. The zero-order valence-corrected chi connectivity index (χ0v) is 15.7. The van der Waals surface area contributed by atoms with E-state index in [2.05, 4.69) is 4.12 Å². The monoisotopic (exact) mass is 372 g/mol. The molecule has 0 radical (unpaired) electrons. The molecule has 21 heavy (non-hydrogen) atoms. The summed E-state index contributed by atoms with van der Waals surface area (Å²) < 4.78 is 4.57. The van der Waals surface area contributed by atoms with Crippen molar-refractivity contribution >= 4 is 43.0 Å². The van der Waals surface area contributed by atoms with E-state index in [-0.39, 0.29) is 5.19 Å². The van der Waals surface area contributed by atoms with Crippen molar-refractivity contribution in [3.63, 3.8) is 0 Å². The molecule has 1 aromatic carbocycles. The maximum atomic E-state index is 8.87. The molecule has 0 aliphatic carbocycles. The third-order valence-electron chi connectivity index (χ3n) is 1.94. The fourth-order valence-corrected chi connectivity index (χ4v) is 5.31. The molecule has 0 spiro atoms. The normalized spacial score (nSPS) is 12.7. The largest absolute Gasteiger partial charge is 0.660 e. The number of hydrogen-bond donors (Lipinski definition) is 6. The molecule has 122 valence electrons. The van der Waals surface area contributed by atoms with Gasteiger partial charge in [0.15, 0.2) is 8.32 Å². The molecule has 0 heterocycles. The predicted octanol–water partition coefficient (Wildman–Crippen LogP) is -1.20. The maximum Gasteiger partial charge on any atom is 0.660 e. The van der Waals surface area contributed by atoms with Gasteiger partial charge in [-0.3, -0.25) is 0 Å². The summed E-state index contributed by atoms with van der Waals surface area (Å²) in [6, 6.07) is 6.22. The Bertz CT molecular complexity index is 410. The minimum Gasteiger partial charge on any atom is -0.395 e. The van der Waals surface area contributed by atoms with Gasteiger partial charge in [-0.25, -0.2) is 0 Å². The first-order valence-electron chi connectivity index (χ1n) is 5.94. The Hall–Kier alpha value is -0.119. The summed E-state index contributed by atoms with van der Waals surface area (Å²) >= 11 is 5.52. The Balaban J connectivity index is 0.000000400. The fraction of sp³-hybridized carbons (Fsp3) is 0.400. The minimum atomic E-state index is -4.23. The van der Waals surface area contributed by atoms with E-state index in [4.69, 9.17) is 40.4 Å². The van der Waals surface area contributed by atoms with Crippen molar-refractivity contribution in [3.8, 4) is 0 Å². The fourth-order valence-electron chi connectivity index (χ4n) is 1.23. The van der Waals surface area contributed by atoms with Gasteiger partial charge in [-0.15, -0.1) is 11.6 Å². The van der Waals surface area contributed by atoms with Crippen LogP contribution in [-0.4, -0.2) is 54.9 Å². The molecule has 0 saturated heterocycles. The Labute approximate surface area is 131 Å². The number of halogens is 1. The molecule has 0 amide bonds. The van der Waals surface area contributed by atoms with Gasteiger partial charge in [-0.2, -0.15) is 0 Å². The second-order valence-electron chi connectivity index (χ2n) is 5.25. The van der Waals surface area contributed by atoms with E-state index in [0.717, 1.165) is 5.56 Å². The highest BCUT2D eigenvalue weighted by molar-refractivity contribution is 6.77. The van der Waals surface area contributed by atoms with Crippen LogP contribution >= 0.6 is 11.6 Å². The van der Waals surface area contributed by atoms with Gasteiger partial charge in [0, 0.05) is 11.1 Å². The lowest BCUT2D eigenvalue weighted by molar-refractivity contribution is 0.125. The van der Waals surface area contributed by atoms with Crippen molar-refractivity contribution in [1.82, 2.24) is 0 Å².